The van der Waals surface area contributed by atoms with Gasteiger partial charge in [0, 0.05) is 49.1 Å². The van der Waals surface area contributed by atoms with Crippen LogP contribution >= 0.6 is 0 Å². The molecule has 37 heavy (non-hydrogen) atoms. The predicted octanol–water partition coefficient (Wildman–Crippen LogP) is 4.73. The minimum Gasteiger partial charge on any atom is -0.368 e. The van der Waals surface area contributed by atoms with Gasteiger partial charge in [-0.3, -0.25) is 4.68 Å². The molecule has 0 spiro atoms. The molecule has 0 unspecified atom stereocenters. The van der Waals surface area contributed by atoms with Crippen molar-refractivity contribution in [2.24, 2.45) is 0 Å². The first-order chi connectivity index (χ1) is 17.8. The van der Waals surface area contributed by atoms with Gasteiger partial charge >= 0.3 is 0 Å². The molecule has 192 valence electrons. The Balaban J connectivity index is 1.26. The van der Waals surface area contributed by atoms with Gasteiger partial charge in [0.25, 0.3) is 0 Å². The second-order valence-electron chi connectivity index (χ2n) is 10.4. The van der Waals surface area contributed by atoms with Crippen molar-refractivity contribution in [3.8, 4) is 11.3 Å². The molecule has 0 radical (unpaired) electrons. The topological polar surface area (TPSA) is 75.0 Å². The fraction of sp³-hybridized carbons (Fsp3) is 0.407. The SMILES string of the molecule is CCN1CCN(c2ccc(Nc3ncc(F)c(-c4cc(F)c5nn6c(c5c4)C(C)(C)CC6)n3)nc2)CC1. The van der Waals surface area contributed by atoms with E-state index in [1.54, 1.807) is 6.07 Å². The molecule has 0 bridgehead atoms. The largest absolute Gasteiger partial charge is 0.368 e. The second-order valence-corrected chi connectivity index (χ2v) is 10.4. The van der Waals surface area contributed by atoms with Crippen molar-refractivity contribution in [1.82, 2.24) is 29.6 Å². The predicted molar refractivity (Wildman–Crippen MR) is 140 cm³/mol. The molecule has 0 aliphatic carbocycles. The van der Waals surface area contributed by atoms with Crippen LogP contribution in [0.1, 0.15) is 32.9 Å². The van der Waals surface area contributed by atoms with Crippen LogP contribution in [0.3, 0.4) is 0 Å². The summed E-state index contributed by atoms with van der Waals surface area (Å²) in [6, 6.07) is 6.94. The minimum absolute atomic E-state index is 0.0273. The van der Waals surface area contributed by atoms with Gasteiger partial charge in [0.1, 0.15) is 17.0 Å². The molecular weight excluding hydrogens is 474 g/mol. The van der Waals surface area contributed by atoms with Crippen molar-refractivity contribution in [2.75, 3.05) is 42.9 Å². The van der Waals surface area contributed by atoms with Crippen LogP contribution in [-0.4, -0.2) is 62.4 Å². The molecule has 1 aromatic carbocycles. The molecule has 3 aromatic heterocycles. The molecule has 2 aliphatic rings. The van der Waals surface area contributed by atoms with E-state index in [2.05, 4.69) is 55.9 Å². The number of aromatic nitrogens is 5. The van der Waals surface area contributed by atoms with Crippen molar-refractivity contribution >= 4 is 28.4 Å². The van der Waals surface area contributed by atoms with Crippen molar-refractivity contribution in [2.45, 2.75) is 39.2 Å². The number of benzene rings is 1. The highest BCUT2D eigenvalue weighted by Crippen LogP contribution is 2.40. The van der Waals surface area contributed by atoms with Crippen molar-refractivity contribution in [3.63, 3.8) is 0 Å². The number of nitrogens with zero attached hydrogens (tertiary/aromatic N) is 7. The number of hydrogen-bond acceptors (Lipinski definition) is 7. The summed E-state index contributed by atoms with van der Waals surface area (Å²) in [4.78, 5) is 17.7. The zero-order chi connectivity index (χ0) is 25.7. The first-order valence-electron chi connectivity index (χ1n) is 12.8. The number of hydrogen-bond donors (Lipinski definition) is 1. The monoisotopic (exact) mass is 504 g/mol. The van der Waals surface area contributed by atoms with Crippen molar-refractivity contribution in [3.05, 3.63) is 54.0 Å². The van der Waals surface area contributed by atoms with Crippen LogP contribution in [0.25, 0.3) is 22.2 Å². The normalized spacial score (nSPS) is 17.4. The summed E-state index contributed by atoms with van der Waals surface area (Å²) in [5.41, 5.74) is 2.57. The highest BCUT2D eigenvalue weighted by molar-refractivity contribution is 5.88. The van der Waals surface area contributed by atoms with E-state index in [0.29, 0.717) is 22.3 Å². The summed E-state index contributed by atoms with van der Waals surface area (Å²) >= 11 is 0. The molecule has 1 saturated heterocycles. The number of fused-ring (bicyclic) bond motifs is 3. The average molecular weight is 505 g/mol. The molecule has 10 heteroatoms. The molecule has 0 saturated carbocycles. The maximum absolute atomic E-state index is 15.1. The molecule has 0 atom stereocenters. The summed E-state index contributed by atoms with van der Waals surface area (Å²) in [6.07, 6.45) is 3.84. The van der Waals surface area contributed by atoms with E-state index in [1.165, 1.54) is 6.07 Å². The standard InChI is InChI=1S/C27H30F2N8/c1-4-35-9-11-36(12-10-35)18-5-6-22(30-15-18)32-26-31-16-21(29)23(33-26)17-13-19-24(20(28)14-17)34-37-8-7-27(2,3)25(19)37/h5-6,13-16H,4,7-12H2,1-3H3,(H,30,31,32,33). The summed E-state index contributed by atoms with van der Waals surface area (Å²) in [7, 11) is 0. The van der Waals surface area contributed by atoms with Gasteiger partial charge in [-0.1, -0.05) is 20.8 Å². The molecule has 5 heterocycles. The van der Waals surface area contributed by atoms with Crippen LogP contribution < -0.4 is 10.2 Å². The third kappa shape index (κ3) is 4.29. The third-order valence-electron chi connectivity index (χ3n) is 7.58. The van der Waals surface area contributed by atoms with Crippen LogP contribution in [0.2, 0.25) is 0 Å². The summed E-state index contributed by atoms with van der Waals surface area (Å²) < 4.78 is 31.8. The molecular formula is C27H30F2N8. The molecule has 4 aromatic rings. The zero-order valence-electron chi connectivity index (χ0n) is 21.3. The van der Waals surface area contributed by atoms with Gasteiger partial charge in [-0.15, -0.1) is 0 Å². The molecule has 1 fully saturated rings. The lowest BCUT2D eigenvalue weighted by Crippen LogP contribution is -2.46. The highest BCUT2D eigenvalue weighted by atomic mass is 19.1. The van der Waals surface area contributed by atoms with Gasteiger partial charge < -0.3 is 15.1 Å². The van der Waals surface area contributed by atoms with Gasteiger partial charge in [0.15, 0.2) is 11.6 Å². The van der Waals surface area contributed by atoms with Gasteiger partial charge in [-0.05, 0) is 37.2 Å². The van der Waals surface area contributed by atoms with Gasteiger partial charge in [0.2, 0.25) is 5.95 Å². The summed E-state index contributed by atoms with van der Waals surface area (Å²) in [5, 5.41) is 8.21. The number of anilines is 3. The Morgan fingerprint density at radius 3 is 2.51 bits per heavy atom. The Kier molecular flexibility index (Phi) is 5.78. The fourth-order valence-electron chi connectivity index (χ4n) is 5.42. The molecule has 8 nitrogen and oxygen atoms in total. The number of piperazine rings is 1. The minimum atomic E-state index is -0.623. The number of rotatable bonds is 5. The van der Waals surface area contributed by atoms with Crippen LogP contribution in [-0.2, 0) is 12.0 Å². The lowest BCUT2D eigenvalue weighted by atomic mass is 9.86. The number of pyridine rings is 1. The highest BCUT2D eigenvalue weighted by Gasteiger charge is 2.34. The van der Waals surface area contributed by atoms with E-state index in [9.17, 15) is 4.39 Å². The zero-order valence-corrected chi connectivity index (χ0v) is 21.3. The Bertz CT molecular complexity index is 1460. The van der Waals surface area contributed by atoms with Crippen LogP contribution in [0, 0.1) is 11.6 Å². The first kappa shape index (κ1) is 23.7. The summed E-state index contributed by atoms with van der Waals surface area (Å²) in [6.45, 7) is 12.2. The average Bonchev–Trinajstić information content (AvgIpc) is 3.43. The van der Waals surface area contributed by atoms with E-state index in [4.69, 9.17) is 0 Å². The third-order valence-corrected chi connectivity index (χ3v) is 7.58. The van der Waals surface area contributed by atoms with Gasteiger partial charge in [-0.2, -0.15) is 5.10 Å². The lowest BCUT2D eigenvalue weighted by molar-refractivity contribution is 0.271. The van der Waals surface area contributed by atoms with E-state index in [-0.39, 0.29) is 17.1 Å². The van der Waals surface area contributed by atoms with E-state index in [1.807, 2.05) is 23.0 Å². The maximum Gasteiger partial charge on any atom is 0.229 e. The number of halogens is 2. The van der Waals surface area contributed by atoms with Gasteiger partial charge in [0.05, 0.1) is 23.8 Å². The first-order valence-corrected chi connectivity index (χ1v) is 12.8. The lowest BCUT2D eigenvalue weighted by Gasteiger charge is -2.35. The Labute approximate surface area is 214 Å². The van der Waals surface area contributed by atoms with Gasteiger partial charge in [-0.25, -0.2) is 23.7 Å². The molecule has 2 aliphatic heterocycles. The molecule has 0 amide bonds. The van der Waals surface area contributed by atoms with E-state index in [0.717, 1.165) is 63.3 Å². The van der Waals surface area contributed by atoms with Crippen LogP contribution in [0.15, 0.2) is 36.7 Å². The van der Waals surface area contributed by atoms with E-state index < -0.39 is 11.6 Å². The maximum atomic E-state index is 15.1. The Morgan fingerprint density at radius 2 is 1.78 bits per heavy atom. The molecule has 6 rings (SSSR count). The van der Waals surface area contributed by atoms with E-state index >= 15 is 4.39 Å². The quantitative estimate of drug-likeness (QED) is 0.421. The second kappa shape index (κ2) is 9.02. The fourth-order valence-corrected chi connectivity index (χ4v) is 5.42. The number of likely N-dealkylation sites (N-methyl/N-ethyl adjacent to an activating group) is 1. The Hall–Kier alpha value is -3.66. The number of aryl methyl sites for hydroxylation is 1. The van der Waals surface area contributed by atoms with Crippen LogP contribution in [0.4, 0.5) is 26.2 Å². The molecule has 1 N–H and O–H groups in total. The smallest absolute Gasteiger partial charge is 0.229 e. The van der Waals surface area contributed by atoms with Crippen molar-refractivity contribution < 1.29 is 8.78 Å². The van der Waals surface area contributed by atoms with Crippen LogP contribution in [0.5, 0.6) is 0 Å². The Morgan fingerprint density at radius 1 is 0.973 bits per heavy atom. The summed E-state index contributed by atoms with van der Waals surface area (Å²) in [5.74, 6) is -0.378. The number of nitrogens with one attached hydrogen (secondary N) is 1. The van der Waals surface area contributed by atoms with Crippen molar-refractivity contribution in [1.29, 1.82) is 0 Å².